The Morgan fingerprint density at radius 2 is 1.38 bits per heavy atom. The topological polar surface area (TPSA) is 26.5 Å². The van der Waals surface area contributed by atoms with Crippen molar-refractivity contribution in [3.63, 3.8) is 0 Å². The summed E-state index contributed by atoms with van der Waals surface area (Å²) in [6, 6.07) is 0. The van der Waals surface area contributed by atoms with Crippen molar-refractivity contribution in [2.24, 2.45) is 4.99 Å². The Kier molecular flexibility index (Phi) is 6.06. The van der Waals surface area contributed by atoms with Gasteiger partial charge in [0.15, 0.2) is 0 Å². The van der Waals surface area contributed by atoms with Crippen LogP contribution in [0.4, 0.5) is 0 Å². The van der Waals surface area contributed by atoms with Gasteiger partial charge in [-0.15, -0.1) is 0 Å². The van der Waals surface area contributed by atoms with Crippen LogP contribution >= 0.6 is 0 Å². The van der Waals surface area contributed by atoms with Crippen molar-refractivity contribution in [1.82, 2.24) is 0 Å². The van der Waals surface area contributed by atoms with Gasteiger partial charge < -0.3 is 10.3 Å². The number of aliphatic imine (C=N–C) groups is 1. The predicted molar refractivity (Wildman–Crippen MR) is 56.0 cm³/mol. The zero-order valence-electron chi connectivity index (χ0n) is 10.4. The minimum absolute atomic E-state index is 0. The van der Waals surface area contributed by atoms with Crippen LogP contribution in [0, 0.1) is 0 Å². The van der Waals surface area contributed by atoms with Crippen molar-refractivity contribution in [1.29, 1.82) is 0 Å². The van der Waals surface area contributed by atoms with Gasteiger partial charge in [-0.3, -0.25) is 0 Å². The Hall–Kier alpha value is 0.0674. The van der Waals surface area contributed by atoms with Gasteiger partial charge in [-0.1, -0.05) is 47.4 Å². The molecular formula is C10H21LiN2. The van der Waals surface area contributed by atoms with E-state index >= 15 is 0 Å². The standard InChI is InChI=1S/C10H21N2.Li/c1-8(11-9(2,3)4)12-10(5,6)7;/h1-7H3;/q-1;+1. The first-order valence-corrected chi connectivity index (χ1v) is 4.39. The summed E-state index contributed by atoms with van der Waals surface area (Å²) in [5.74, 6) is 0.884. The van der Waals surface area contributed by atoms with Crippen LogP contribution in [0.3, 0.4) is 0 Å². The number of nitrogens with zero attached hydrogens (tertiary/aromatic N) is 2. The van der Waals surface area contributed by atoms with Crippen LogP contribution in [0.5, 0.6) is 0 Å². The van der Waals surface area contributed by atoms with Crippen molar-refractivity contribution in [3.8, 4) is 0 Å². The van der Waals surface area contributed by atoms with Crippen LogP contribution in [-0.2, 0) is 0 Å². The van der Waals surface area contributed by atoms with E-state index in [1.54, 1.807) is 0 Å². The fourth-order valence-electron chi connectivity index (χ4n) is 0.996. The fourth-order valence-corrected chi connectivity index (χ4v) is 0.996. The third-order valence-corrected chi connectivity index (χ3v) is 0.994. The van der Waals surface area contributed by atoms with E-state index in [4.69, 9.17) is 0 Å². The molecular weight excluding hydrogens is 155 g/mol. The van der Waals surface area contributed by atoms with Crippen molar-refractivity contribution >= 4 is 5.84 Å². The summed E-state index contributed by atoms with van der Waals surface area (Å²) in [6.07, 6.45) is 0. The Morgan fingerprint density at radius 3 is 1.62 bits per heavy atom. The van der Waals surface area contributed by atoms with Crippen LogP contribution in [-0.4, -0.2) is 16.9 Å². The second-order valence-electron chi connectivity index (χ2n) is 5.11. The smallest absolute Gasteiger partial charge is 0.464 e. The van der Waals surface area contributed by atoms with E-state index in [9.17, 15) is 0 Å². The molecule has 13 heavy (non-hydrogen) atoms. The third-order valence-electron chi connectivity index (χ3n) is 0.994. The SMILES string of the molecule is CC(=NC(C)(C)C)[N-]C(C)(C)C.[Li+]. The molecule has 0 atom stereocenters. The van der Waals surface area contributed by atoms with Gasteiger partial charge in [-0.2, -0.15) is 0 Å². The Labute approximate surface area is 94.8 Å². The van der Waals surface area contributed by atoms with E-state index in [2.05, 4.69) is 51.9 Å². The first-order valence-electron chi connectivity index (χ1n) is 4.39. The number of hydrogen-bond donors (Lipinski definition) is 0. The molecule has 0 aliphatic heterocycles. The van der Waals surface area contributed by atoms with Crippen molar-refractivity contribution in [3.05, 3.63) is 5.32 Å². The maximum atomic E-state index is 4.44. The second-order valence-corrected chi connectivity index (χ2v) is 5.11. The molecule has 0 heterocycles. The Bertz CT molecular complexity index is 172. The van der Waals surface area contributed by atoms with Crippen LogP contribution in [0.2, 0.25) is 0 Å². The molecule has 0 aliphatic carbocycles. The number of hydrogen-bond acceptors (Lipinski definition) is 1. The molecule has 0 aliphatic rings. The molecule has 0 radical (unpaired) electrons. The first kappa shape index (κ1) is 15.5. The van der Waals surface area contributed by atoms with Gasteiger partial charge in [0.1, 0.15) is 0 Å². The van der Waals surface area contributed by atoms with Crippen LogP contribution in [0.1, 0.15) is 48.5 Å². The van der Waals surface area contributed by atoms with E-state index in [1.807, 2.05) is 6.92 Å². The molecule has 0 aromatic heterocycles. The van der Waals surface area contributed by atoms with Crippen molar-refractivity contribution in [2.45, 2.75) is 59.5 Å². The predicted octanol–water partition coefficient (Wildman–Crippen LogP) is 0.380. The Balaban J connectivity index is 0. The zero-order valence-corrected chi connectivity index (χ0v) is 10.4. The number of rotatable bonds is 0. The largest absolute Gasteiger partial charge is 1.00 e. The third kappa shape index (κ3) is 12.1. The molecule has 0 unspecified atom stereocenters. The average Bonchev–Trinajstić information content (AvgIpc) is 1.49. The summed E-state index contributed by atoms with van der Waals surface area (Å²) in [6.45, 7) is 14.4. The van der Waals surface area contributed by atoms with Gasteiger partial charge in [0.2, 0.25) is 0 Å². The summed E-state index contributed by atoms with van der Waals surface area (Å²) >= 11 is 0. The molecule has 0 aromatic carbocycles. The van der Waals surface area contributed by atoms with E-state index in [1.165, 1.54) is 0 Å². The average molecular weight is 176 g/mol. The summed E-state index contributed by atoms with van der Waals surface area (Å²) in [5.41, 5.74) is -0.0301. The monoisotopic (exact) mass is 176 g/mol. The molecule has 2 nitrogen and oxygen atoms in total. The molecule has 3 heteroatoms. The van der Waals surface area contributed by atoms with Gasteiger partial charge in [0.05, 0.1) is 0 Å². The van der Waals surface area contributed by atoms with E-state index in [0.717, 1.165) is 5.84 Å². The molecule has 0 N–H and O–H groups in total. The molecule has 0 fully saturated rings. The number of amidine groups is 1. The maximum absolute atomic E-state index is 4.44. The molecule has 0 saturated carbocycles. The summed E-state index contributed by atoms with van der Waals surface area (Å²) < 4.78 is 0. The van der Waals surface area contributed by atoms with Gasteiger partial charge >= 0.3 is 18.9 Å². The van der Waals surface area contributed by atoms with Crippen LogP contribution in [0.15, 0.2) is 4.99 Å². The first-order chi connectivity index (χ1) is 5.10. The summed E-state index contributed by atoms with van der Waals surface area (Å²) in [4.78, 5) is 4.44. The molecule has 0 bridgehead atoms. The van der Waals surface area contributed by atoms with Gasteiger partial charge in [-0.25, -0.2) is 0 Å². The van der Waals surface area contributed by atoms with Crippen LogP contribution < -0.4 is 18.9 Å². The summed E-state index contributed by atoms with van der Waals surface area (Å²) in [5, 5.41) is 4.44. The fraction of sp³-hybridized carbons (Fsp3) is 0.900. The van der Waals surface area contributed by atoms with Crippen molar-refractivity contribution in [2.75, 3.05) is 0 Å². The van der Waals surface area contributed by atoms with Gasteiger partial charge in [-0.05, 0) is 18.0 Å². The van der Waals surface area contributed by atoms with Crippen LogP contribution in [0.25, 0.3) is 5.32 Å². The van der Waals surface area contributed by atoms with Gasteiger partial charge in [0, 0.05) is 0 Å². The normalized spacial score (nSPS) is 13.6. The molecule has 0 saturated heterocycles. The van der Waals surface area contributed by atoms with E-state index in [-0.39, 0.29) is 29.9 Å². The maximum Gasteiger partial charge on any atom is 1.00 e. The molecule has 0 spiro atoms. The molecule has 0 amide bonds. The minimum atomic E-state index is -0.0150. The molecule has 72 valence electrons. The summed E-state index contributed by atoms with van der Waals surface area (Å²) in [7, 11) is 0. The van der Waals surface area contributed by atoms with E-state index in [0.29, 0.717) is 0 Å². The minimum Gasteiger partial charge on any atom is -0.464 e. The molecule has 0 aromatic rings. The van der Waals surface area contributed by atoms with E-state index < -0.39 is 0 Å². The Morgan fingerprint density at radius 1 is 1.00 bits per heavy atom. The van der Waals surface area contributed by atoms with Crippen molar-refractivity contribution < 1.29 is 18.9 Å². The van der Waals surface area contributed by atoms with Gasteiger partial charge in [0.25, 0.3) is 0 Å². The molecule has 0 rings (SSSR count). The quantitative estimate of drug-likeness (QED) is 0.290. The zero-order chi connectivity index (χ0) is 9.99. The second kappa shape index (κ2) is 5.07.